The van der Waals surface area contributed by atoms with E-state index in [1.807, 2.05) is 0 Å². The predicted octanol–water partition coefficient (Wildman–Crippen LogP) is 1.38. The number of carbonyl (C=O) groups is 1. The zero-order valence-corrected chi connectivity index (χ0v) is 7.35. The van der Waals surface area contributed by atoms with Crippen molar-refractivity contribution in [3.63, 3.8) is 0 Å². The lowest BCUT2D eigenvalue weighted by atomic mass is 9.84. The number of primary amides is 1. The summed E-state index contributed by atoms with van der Waals surface area (Å²) in [7, 11) is 0. The average Bonchev–Trinajstić information content (AvgIpc) is 1.96. The molecule has 1 rings (SSSR count). The van der Waals surface area contributed by atoms with Crippen LogP contribution >= 0.6 is 11.6 Å². The number of halogens is 2. The van der Waals surface area contributed by atoms with E-state index in [2.05, 4.69) is 6.58 Å². The molecule has 1 aliphatic carbocycles. The molecule has 0 heterocycles. The van der Waals surface area contributed by atoms with Crippen LogP contribution in [-0.2, 0) is 4.79 Å². The highest BCUT2D eigenvalue weighted by Gasteiger charge is 2.34. The first-order valence-electron chi connectivity index (χ1n) is 3.77. The molecule has 0 aromatic heterocycles. The van der Waals surface area contributed by atoms with Crippen molar-refractivity contribution in [1.82, 2.24) is 0 Å². The largest absolute Gasteiger partial charge is 0.369 e. The standard InChI is InChI=1S/C8H11ClFNO/c1-4-2-5(8(11)12)6(9)3-7(4)10/h5-7H,1-3H2,(H2,11,12). The number of carbonyl (C=O) groups excluding carboxylic acids is 1. The van der Waals surface area contributed by atoms with E-state index in [0.29, 0.717) is 5.57 Å². The van der Waals surface area contributed by atoms with Crippen LogP contribution in [0.2, 0.25) is 0 Å². The molecular weight excluding hydrogens is 181 g/mol. The lowest BCUT2D eigenvalue weighted by Crippen LogP contribution is -2.37. The number of alkyl halides is 2. The first-order chi connectivity index (χ1) is 5.52. The zero-order chi connectivity index (χ0) is 9.30. The van der Waals surface area contributed by atoms with Gasteiger partial charge in [-0.2, -0.15) is 0 Å². The summed E-state index contributed by atoms with van der Waals surface area (Å²) < 4.78 is 12.9. The Morgan fingerprint density at radius 2 is 2.33 bits per heavy atom. The molecule has 0 aliphatic heterocycles. The second-order valence-electron chi connectivity index (χ2n) is 3.09. The lowest BCUT2D eigenvalue weighted by Gasteiger charge is -2.28. The van der Waals surface area contributed by atoms with E-state index in [1.165, 1.54) is 0 Å². The Balaban J connectivity index is 2.68. The highest BCUT2D eigenvalue weighted by molar-refractivity contribution is 6.22. The second kappa shape index (κ2) is 3.44. The van der Waals surface area contributed by atoms with Gasteiger partial charge >= 0.3 is 0 Å². The molecule has 4 heteroatoms. The van der Waals surface area contributed by atoms with Crippen molar-refractivity contribution in [3.8, 4) is 0 Å². The molecule has 68 valence electrons. The molecule has 0 saturated heterocycles. The van der Waals surface area contributed by atoms with Gasteiger partial charge in [0.15, 0.2) is 0 Å². The van der Waals surface area contributed by atoms with Crippen LogP contribution in [0.1, 0.15) is 12.8 Å². The highest BCUT2D eigenvalue weighted by atomic mass is 35.5. The van der Waals surface area contributed by atoms with Crippen molar-refractivity contribution in [1.29, 1.82) is 0 Å². The van der Waals surface area contributed by atoms with Gasteiger partial charge in [0.1, 0.15) is 6.17 Å². The van der Waals surface area contributed by atoms with E-state index in [0.717, 1.165) is 0 Å². The van der Waals surface area contributed by atoms with E-state index in [4.69, 9.17) is 17.3 Å². The molecule has 0 radical (unpaired) electrons. The van der Waals surface area contributed by atoms with Gasteiger partial charge in [0.2, 0.25) is 5.91 Å². The number of rotatable bonds is 1. The van der Waals surface area contributed by atoms with Crippen molar-refractivity contribution in [2.45, 2.75) is 24.4 Å². The molecule has 0 aromatic rings. The van der Waals surface area contributed by atoms with Gasteiger partial charge in [-0.15, -0.1) is 11.6 Å². The minimum absolute atomic E-state index is 0.147. The Kier molecular flexibility index (Phi) is 2.73. The minimum atomic E-state index is -1.08. The Labute approximate surface area is 75.6 Å². The molecule has 0 aromatic carbocycles. The van der Waals surface area contributed by atoms with Gasteiger partial charge in [-0.25, -0.2) is 4.39 Å². The van der Waals surface area contributed by atoms with Gasteiger partial charge in [0, 0.05) is 5.38 Å². The van der Waals surface area contributed by atoms with Gasteiger partial charge in [-0.3, -0.25) is 4.79 Å². The fraction of sp³-hybridized carbons (Fsp3) is 0.625. The van der Waals surface area contributed by atoms with Crippen LogP contribution in [0, 0.1) is 5.92 Å². The van der Waals surface area contributed by atoms with Crippen molar-refractivity contribution in [3.05, 3.63) is 12.2 Å². The van der Waals surface area contributed by atoms with Crippen molar-refractivity contribution >= 4 is 17.5 Å². The predicted molar refractivity (Wildman–Crippen MR) is 45.6 cm³/mol. The van der Waals surface area contributed by atoms with Crippen LogP contribution in [0.15, 0.2) is 12.2 Å². The van der Waals surface area contributed by atoms with Crippen LogP contribution < -0.4 is 5.73 Å². The maximum Gasteiger partial charge on any atom is 0.222 e. The summed E-state index contributed by atoms with van der Waals surface area (Å²) in [5.41, 5.74) is 5.50. The second-order valence-corrected chi connectivity index (χ2v) is 3.65. The van der Waals surface area contributed by atoms with Gasteiger partial charge < -0.3 is 5.73 Å². The number of amides is 1. The third kappa shape index (κ3) is 1.78. The molecule has 0 bridgehead atoms. The summed E-state index contributed by atoms with van der Waals surface area (Å²) in [6.45, 7) is 3.52. The van der Waals surface area contributed by atoms with Gasteiger partial charge in [0.05, 0.1) is 5.92 Å². The average molecular weight is 192 g/mol. The van der Waals surface area contributed by atoms with E-state index in [1.54, 1.807) is 0 Å². The topological polar surface area (TPSA) is 43.1 Å². The molecule has 0 spiro atoms. The molecule has 1 saturated carbocycles. The fourth-order valence-corrected chi connectivity index (χ4v) is 1.72. The van der Waals surface area contributed by atoms with Gasteiger partial charge in [-0.05, 0) is 18.4 Å². The van der Waals surface area contributed by atoms with Crippen LogP contribution in [0.4, 0.5) is 4.39 Å². The maximum atomic E-state index is 12.9. The molecule has 2 N–H and O–H groups in total. The fourth-order valence-electron chi connectivity index (χ4n) is 1.35. The Morgan fingerprint density at radius 3 is 2.83 bits per heavy atom. The van der Waals surface area contributed by atoms with E-state index in [-0.39, 0.29) is 12.8 Å². The first-order valence-corrected chi connectivity index (χ1v) is 4.21. The number of hydrogen-bond acceptors (Lipinski definition) is 1. The minimum Gasteiger partial charge on any atom is -0.369 e. The Morgan fingerprint density at radius 1 is 1.75 bits per heavy atom. The van der Waals surface area contributed by atoms with Crippen molar-refractivity contribution in [2.75, 3.05) is 0 Å². The molecule has 1 aliphatic rings. The van der Waals surface area contributed by atoms with Crippen molar-refractivity contribution < 1.29 is 9.18 Å². The first kappa shape index (κ1) is 9.52. The SMILES string of the molecule is C=C1CC(C(N)=O)C(Cl)CC1F. The molecule has 12 heavy (non-hydrogen) atoms. The molecule has 3 atom stereocenters. The summed E-state index contributed by atoms with van der Waals surface area (Å²) in [6.07, 6.45) is -0.651. The summed E-state index contributed by atoms with van der Waals surface area (Å²) in [5.74, 6) is -0.922. The third-order valence-corrected chi connectivity index (χ3v) is 2.64. The molecule has 3 unspecified atom stereocenters. The van der Waals surface area contributed by atoms with Crippen LogP contribution in [0.3, 0.4) is 0 Å². The summed E-state index contributed by atoms with van der Waals surface area (Å²) in [5, 5.41) is -0.483. The lowest BCUT2D eigenvalue weighted by molar-refractivity contribution is -0.122. The molecule has 2 nitrogen and oxygen atoms in total. The normalized spacial score (nSPS) is 36.5. The molecule has 1 fully saturated rings. The summed E-state index contributed by atoms with van der Waals surface area (Å²) in [4.78, 5) is 10.8. The third-order valence-electron chi connectivity index (χ3n) is 2.16. The molecule has 1 amide bonds. The van der Waals surface area contributed by atoms with Crippen LogP contribution in [-0.4, -0.2) is 17.5 Å². The quantitative estimate of drug-likeness (QED) is 0.494. The van der Waals surface area contributed by atoms with Gasteiger partial charge in [0.25, 0.3) is 0 Å². The van der Waals surface area contributed by atoms with E-state index < -0.39 is 23.4 Å². The van der Waals surface area contributed by atoms with Crippen molar-refractivity contribution in [2.24, 2.45) is 11.7 Å². The smallest absolute Gasteiger partial charge is 0.222 e. The summed E-state index contributed by atoms with van der Waals surface area (Å²) >= 11 is 5.76. The summed E-state index contributed by atoms with van der Waals surface area (Å²) in [6, 6.07) is 0. The highest BCUT2D eigenvalue weighted by Crippen LogP contribution is 2.33. The van der Waals surface area contributed by atoms with E-state index >= 15 is 0 Å². The Hall–Kier alpha value is -0.570. The maximum absolute atomic E-state index is 12.9. The van der Waals surface area contributed by atoms with E-state index in [9.17, 15) is 9.18 Å². The Bertz CT molecular complexity index is 219. The molecular formula is C8H11ClFNO. The number of nitrogens with two attached hydrogens (primary N) is 1. The van der Waals surface area contributed by atoms with Crippen LogP contribution in [0.5, 0.6) is 0 Å². The van der Waals surface area contributed by atoms with Crippen LogP contribution in [0.25, 0.3) is 0 Å². The number of allylic oxidation sites excluding steroid dienone is 1. The monoisotopic (exact) mass is 191 g/mol. The van der Waals surface area contributed by atoms with Gasteiger partial charge in [-0.1, -0.05) is 6.58 Å². The number of hydrogen-bond donors (Lipinski definition) is 1. The zero-order valence-electron chi connectivity index (χ0n) is 6.59.